The standard InChI is InChI=1S/C17H19F3N4O.ClH/c1-11(12-3-5-13(6-4-12)17(18,19)20)9-15-22-16(23-25-15)14-10-21-7-8-24(14)2;/h3-6,9,14,21H,7-8,10H2,1-2H3;1H/b11-9-;. The summed E-state index contributed by atoms with van der Waals surface area (Å²) in [5.41, 5.74) is 0.750. The fourth-order valence-electron chi connectivity index (χ4n) is 2.73. The van der Waals surface area contributed by atoms with E-state index in [-0.39, 0.29) is 18.4 Å². The monoisotopic (exact) mass is 388 g/mol. The predicted molar refractivity (Wildman–Crippen MR) is 94.8 cm³/mol. The van der Waals surface area contributed by atoms with Crippen molar-refractivity contribution >= 4 is 24.1 Å². The van der Waals surface area contributed by atoms with E-state index in [0.29, 0.717) is 17.3 Å². The lowest BCUT2D eigenvalue weighted by Gasteiger charge is -2.30. The van der Waals surface area contributed by atoms with Gasteiger partial charge in [0.1, 0.15) is 0 Å². The van der Waals surface area contributed by atoms with Gasteiger partial charge >= 0.3 is 6.18 Å². The highest BCUT2D eigenvalue weighted by molar-refractivity contribution is 5.85. The van der Waals surface area contributed by atoms with Crippen LogP contribution in [-0.4, -0.2) is 41.7 Å². The third-order valence-electron chi connectivity index (χ3n) is 4.27. The Morgan fingerprint density at radius 2 is 2.00 bits per heavy atom. The number of alkyl halides is 3. The maximum absolute atomic E-state index is 12.6. The highest BCUT2D eigenvalue weighted by atomic mass is 35.5. The molecule has 9 heteroatoms. The molecule has 0 amide bonds. The van der Waals surface area contributed by atoms with Crippen molar-refractivity contribution < 1.29 is 17.7 Å². The van der Waals surface area contributed by atoms with Crippen molar-refractivity contribution in [2.75, 3.05) is 26.7 Å². The number of hydrogen-bond donors (Lipinski definition) is 1. The lowest BCUT2D eigenvalue weighted by Crippen LogP contribution is -2.44. The summed E-state index contributed by atoms with van der Waals surface area (Å²) < 4.78 is 43.1. The van der Waals surface area contributed by atoms with Gasteiger partial charge in [-0.15, -0.1) is 12.4 Å². The number of nitrogens with zero attached hydrogens (tertiary/aromatic N) is 3. The zero-order valence-corrected chi connectivity index (χ0v) is 15.2. The number of hydrogen-bond acceptors (Lipinski definition) is 5. The average Bonchev–Trinajstić information content (AvgIpc) is 3.03. The first-order valence-electron chi connectivity index (χ1n) is 7.95. The molecule has 1 N–H and O–H groups in total. The molecule has 2 heterocycles. The van der Waals surface area contributed by atoms with Crippen LogP contribution in [0, 0.1) is 0 Å². The summed E-state index contributed by atoms with van der Waals surface area (Å²) in [6, 6.07) is 5.05. The van der Waals surface area contributed by atoms with Crippen LogP contribution in [0.25, 0.3) is 11.6 Å². The molecule has 26 heavy (non-hydrogen) atoms. The van der Waals surface area contributed by atoms with Crippen LogP contribution < -0.4 is 5.32 Å². The molecule has 5 nitrogen and oxygen atoms in total. The molecule has 1 fully saturated rings. The second kappa shape index (κ2) is 8.20. The number of aromatic nitrogens is 2. The van der Waals surface area contributed by atoms with Crippen LogP contribution in [0.15, 0.2) is 28.8 Å². The van der Waals surface area contributed by atoms with Gasteiger partial charge in [-0.05, 0) is 37.2 Å². The molecule has 1 aromatic carbocycles. The maximum atomic E-state index is 12.6. The molecule has 2 aromatic rings. The molecular weight excluding hydrogens is 369 g/mol. The van der Waals surface area contributed by atoms with Crippen LogP contribution in [0.2, 0.25) is 0 Å². The number of allylic oxidation sites excluding steroid dienone is 1. The Balaban J connectivity index is 0.00000243. The van der Waals surface area contributed by atoms with Gasteiger partial charge in [0.15, 0.2) is 5.82 Å². The van der Waals surface area contributed by atoms with Gasteiger partial charge in [-0.1, -0.05) is 17.3 Å². The zero-order valence-electron chi connectivity index (χ0n) is 14.4. The van der Waals surface area contributed by atoms with Gasteiger partial charge in [0.25, 0.3) is 5.89 Å². The SMILES string of the molecule is C/C(=C/c1nc(C2CNCCN2C)no1)c1ccc(C(F)(F)F)cc1.Cl. The van der Waals surface area contributed by atoms with Gasteiger partial charge in [-0.2, -0.15) is 18.2 Å². The molecule has 1 saturated heterocycles. The summed E-state index contributed by atoms with van der Waals surface area (Å²) in [4.78, 5) is 6.54. The quantitative estimate of drug-likeness (QED) is 0.869. The molecule has 1 aliphatic heterocycles. The molecular formula is C17H20ClF3N4O. The van der Waals surface area contributed by atoms with Crippen molar-refractivity contribution in [3.63, 3.8) is 0 Å². The van der Waals surface area contributed by atoms with E-state index < -0.39 is 11.7 Å². The number of halogens is 4. The van der Waals surface area contributed by atoms with Crippen LogP contribution >= 0.6 is 12.4 Å². The van der Waals surface area contributed by atoms with Crippen LogP contribution in [0.4, 0.5) is 13.2 Å². The van der Waals surface area contributed by atoms with Gasteiger partial charge in [0.05, 0.1) is 11.6 Å². The summed E-state index contributed by atoms with van der Waals surface area (Å²) >= 11 is 0. The van der Waals surface area contributed by atoms with E-state index in [1.807, 2.05) is 7.05 Å². The van der Waals surface area contributed by atoms with Crippen molar-refractivity contribution in [3.05, 3.63) is 47.1 Å². The molecule has 0 bridgehead atoms. The van der Waals surface area contributed by atoms with Gasteiger partial charge < -0.3 is 9.84 Å². The number of likely N-dealkylation sites (N-methyl/N-ethyl adjacent to an activating group) is 1. The topological polar surface area (TPSA) is 54.2 Å². The van der Waals surface area contributed by atoms with Crippen LogP contribution in [0.3, 0.4) is 0 Å². The second-order valence-electron chi connectivity index (χ2n) is 6.09. The molecule has 1 unspecified atom stereocenters. The van der Waals surface area contributed by atoms with E-state index in [2.05, 4.69) is 20.4 Å². The Kier molecular flexibility index (Phi) is 6.44. The first-order chi connectivity index (χ1) is 11.8. The van der Waals surface area contributed by atoms with E-state index in [9.17, 15) is 13.2 Å². The molecule has 142 valence electrons. The van der Waals surface area contributed by atoms with E-state index in [0.717, 1.165) is 37.3 Å². The normalized spacial score (nSPS) is 19.3. The van der Waals surface area contributed by atoms with E-state index in [4.69, 9.17) is 4.52 Å². The Labute approximate surface area is 155 Å². The molecule has 1 aliphatic rings. The third-order valence-corrected chi connectivity index (χ3v) is 4.27. The Hall–Kier alpha value is -1.90. The van der Waals surface area contributed by atoms with Gasteiger partial charge in [0, 0.05) is 25.7 Å². The fourth-order valence-corrected chi connectivity index (χ4v) is 2.73. The highest BCUT2D eigenvalue weighted by Gasteiger charge is 2.30. The minimum absolute atomic E-state index is 0. The minimum Gasteiger partial charge on any atom is -0.335 e. The van der Waals surface area contributed by atoms with Crippen LogP contribution in [0.1, 0.15) is 35.8 Å². The number of piperazine rings is 1. The largest absolute Gasteiger partial charge is 0.416 e. The smallest absolute Gasteiger partial charge is 0.335 e. The number of rotatable bonds is 3. The van der Waals surface area contributed by atoms with Crippen LogP contribution in [-0.2, 0) is 6.18 Å². The summed E-state index contributed by atoms with van der Waals surface area (Å²) in [5, 5.41) is 7.31. The molecule has 0 aliphatic carbocycles. The molecule has 0 radical (unpaired) electrons. The van der Waals surface area contributed by atoms with E-state index in [1.54, 1.807) is 13.0 Å². The second-order valence-corrected chi connectivity index (χ2v) is 6.09. The molecule has 1 atom stereocenters. The maximum Gasteiger partial charge on any atom is 0.416 e. The summed E-state index contributed by atoms with van der Waals surface area (Å²) in [7, 11) is 2.00. The molecule has 1 aromatic heterocycles. The van der Waals surface area contributed by atoms with Gasteiger partial charge in [-0.25, -0.2) is 0 Å². The van der Waals surface area contributed by atoms with Crippen LogP contribution in [0.5, 0.6) is 0 Å². The van der Waals surface area contributed by atoms with Crippen molar-refractivity contribution in [3.8, 4) is 0 Å². The van der Waals surface area contributed by atoms with Crippen molar-refractivity contribution in [2.45, 2.75) is 19.1 Å². The van der Waals surface area contributed by atoms with Gasteiger partial charge in [0.2, 0.25) is 0 Å². The Morgan fingerprint density at radius 3 is 2.62 bits per heavy atom. The van der Waals surface area contributed by atoms with E-state index in [1.165, 1.54) is 12.1 Å². The fraction of sp³-hybridized carbons (Fsp3) is 0.412. The predicted octanol–water partition coefficient (Wildman–Crippen LogP) is 3.65. The first-order valence-corrected chi connectivity index (χ1v) is 7.95. The zero-order chi connectivity index (χ0) is 18.0. The van der Waals surface area contributed by atoms with Gasteiger partial charge in [-0.3, -0.25) is 4.90 Å². The first kappa shape index (κ1) is 20.4. The molecule has 0 saturated carbocycles. The average molecular weight is 389 g/mol. The molecule has 3 rings (SSSR count). The van der Waals surface area contributed by atoms with Crippen molar-refractivity contribution in [1.82, 2.24) is 20.4 Å². The Morgan fingerprint density at radius 1 is 1.31 bits per heavy atom. The minimum atomic E-state index is -4.34. The van der Waals surface area contributed by atoms with Crippen molar-refractivity contribution in [1.29, 1.82) is 0 Å². The number of benzene rings is 1. The Bertz CT molecular complexity index is 758. The summed E-state index contributed by atoms with van der Waals surface area (Å²) in [5.74, 6) is 0.938. The third kappa shape index (κ3) is 4.63. The lowest BCUT2D eigenvalue weighted by molar-refractivity contribution is -0.137. The lowest BCUT2D eigenvalue weighted by atomic mass is 10.0. The van der Waals surface area contributed by atoms with Crippen molar-refractivity contribution in [2.24, 2.45) is 0 Å². The highest BCUT2D eigenvalue weighted by Crippen LogP contribution is 2.30. The number of nitrogens with one attached hydrogen (secondary N) is 1. The summed E-state index contributed by atoms with van der Waals surface area (Å²) in [6.45, 7) is 4.36. The molecule has 0 spiro atoms. The van der Waals surface area contributed by atoms with E-state index >= 15 is 0 Å². The summed E-state index contributed by atoms with van der Waals surface area (Å²) in [6.07, 6.45) is -2.66.